The minimum absolute atomic E-state index is 0.0115. The number of rotatable bonds is 2. The number of carbonyl (C=O) groups is 3. The Morgan fingerprint density at radius 1 is 1.20 bits per heavy atom. The molecule has 2 amide bonds. The molecule has 0 fully saturated rings. The molecule has 0 saturated carbocycles. The van der Waals surface area contributed by atoms with Gasteiger partial charge in [0, 0.05) is 0 Å². The molecule has 3 N–H and O–H groups in total. The van der Waals surface area contributed by atoms with Crippen molar-refractivity contribution >= 4 is 18.0 Å². The molecule has 3 atom stereocenters. The van der Waals surface area contributed by atoms with Crippen LogP contribution in [0.2, 0.25) is 0 Å². The summed E-state index contributed by atoms with van der Waals surface area (Å²) < 4.78 is 5.33. The van der Waals surface area contributed by atoms with Gasteiger partial charge in [0.25, 0.3) is 0 Å². The zero-order chi connectivity index (χ0) is 18.2. The van der Waals surface area contributed by atoms with Crippen LogP contribution in [-0.2, 0) is 14.3 Å². The molecule has 7 heteroatoms. The number of carboxylic acid groups (broad SMARTS) is 1. The minimum atomic E-state index is -1.27. The number of amides is 2. The lowest BCUT2D eigenvalue weighted by Gasteiger charge is -2.24. The molecule has 0 saturated heterocycles. The number of hydrogen-bond donors (Lipinski definition) is 3. The van der Waals surface area contributed by atoms with Crippen LogP contribution in [0.4, 0.5) is 4.79 Å². The second kappa shape index (κ2) is 8.86. The van der Waals surface area contributed by atoms with Gasteiger partial charge in [-0.2, -0.15) is 0 Å². The fraction of sp³-hybridized carbons (Fsp3) is 0.389. The van der Waals surface area contributed by atoms with E-state index in [-0.39, 0.29) is 24.9 Å². The first-order chi connectivity index (χ1) is 12.0. The third-order valence-corrected chi connectivity index (χ3v) is 3.96. The van der Waals surface area contributed by atoms with Crippen molar-refractivity contribution in [2.75, 3.05) is 6.61 Å². The monoisotopic (exact) mass is 346 g/mol. The maximum Gasteiger partial charge on any atom is 0.405 e. The van der Waals surface area contributed by atoms with E-state index < -0.39 is 24.1 Å². The summed E-state index contributed by atoms with van der Waals surface area (Å²) in [5.74, 6) is -1.11. The van der Waals surface area contributed by atoms with E-state index in [4.69, 9.17) is 9.84 Å². The van der Waals surface area contributed by atoms with Gasteiger partial charge in [0.15, 0.2) is 0 Å². The van der Waals surface area contributed by atoms with Crippen molar-refractivity contribution in [1.82, 2.24) is 10.6 Å². The molecule has 0 radical (unpaired) electrons. The summed E-state index contributed by atoms with van der Waals surface area (Å²) in [5.41, 5.74) is 0.776. The predicted octanol–water partition coefficient (Wildman–Crippen LogP) is 2.01. The fourth-order valence-electron chi connectivity index (χ4n) is 2.50. The summed E-state index contributed by atoms with van der Waals surface area (Å²) >= 11 is 0. The van der Waals surface area contributed by atoms with Gasteiger partial charge in [0.2, 0.25) is 5.91 Å². The highest BCUT2D eigenvalue weighted by Gasteiger charge is 2.25. The van der Waals surface area contributed by atoms with Crippen molar-refractivity contribution in [3.63, 3.8) is 0 Å². The average molecular weight is 346 g/mol. The number of carbonyl (C=O) groups excluding carboxylic acids is 2. The number of benzene rings is 1. The van der Waals surface area contributed by atoms with Gasteiger partial charge in [-0.3, -0.25) is 9.59 Å². The molecule has 0 aromatic heterocycles. The van der Waals surface area contributed by atoms with Crippen LogP contribution in [0, 0.1) is 5.92 Å². The van der Waals surface area contributed by atoms with Crippen LogP contribution in [0.1, 0.15) is 31.4 Å². The summed E-state index contributed by atoms with van der Waals surface area (Å²) in [7, 11) is 0. The molecular formula is C18H22N2O5. The Labute approximate surface area is 146 Å². The highest BCUT2D eigenvalue weighted by Crippen LogP contribution is 2.16. The lowest BCUT2D eigenvalue weighted by molar-refractivity contribution is -0.149. The van der Waals surface area contributed by atoms with Gasteiger partial charge in [0.1, 0.15) is 12.6 Å². The number of nitrogens with one attached hydrogen (secondary N) is 2. The summed E-state index contributed by atoms with van der Waals surface area (Å²) in [6.45, 7) is 1.75. The van der Waals surface area contributed by atoms with Crippen molar-refractivity contribution in [3.8, 4) is 0 Å². The van der Waals surface area contributed by atoms with Gasteiger partial charge in [-0.05, 0) is 18.4 Å². The summed E-state index contributed by atoms with van der Waals surface area (Å²) in [6.07, 6.45) is 2.86. The summed E-state index contributed by atoms with van der Waals surface area (Å²) in [5, 5.41) is 13.9. The SMILES string of the molecule is C[C@@H]1C/C=C/C[C@@H](NC(=O)O)C(=O)N[C@H](c2ccccc2)COC1=O. The topological polar surface area (TPSA) is 105 Å². The van der Waals surface area contributed by atoms with Crippen LogP contribution in [0.5, 0.6) is 0 Å². The van der Waals surface area contributed by atoms with E-state index in [0.29, 0.717) is 6.42 Å². The normalized spacial score (nSPS) is 26.4. The van der Waals surface area contributed by atoms with Crippen molar-refractivity contribution < 1.29 is 24.2 Å². The second-order valence-corrected chi connectivity index (χ2v) is 5.95. The number of esters is 1. The molecule has 1 aromatic carbocycles. The highest BCUT2D eigenvalue weighted by atomic mass is 16.5. The highest BCUT2D eigenvalue weighted by molar-refractivity contribution is 5.85. The van der Waals surface area contributed by atoms with Crippen LogP contribution in [-0.4, -0.2) is 35.7 Å². The third-order valence-electron chi connectivity index (χ3n) is 3.96. The van der Waals surface area contributed by atoms with Crippen LogP contribution in [0.3, 0.4) is 0 Å². The van der Waals surface area contributed by atoms with Crippen LogP contribution in [0.25, 0.3) is 0 Å². The Morgan fingerprint density at radius 2 is 1.88 bits per heavy atom. The van der Waals surface area contributed by atoms with E-state index in [1.54, 1.807) is 19.1 Å². The second-order valence-electron chi connectivity index (χ2n) is 5.95. The molecule has 0 unspecified atom stereocenters. The number of hydrogen-bond acceptors (Lipinski definition) is 4. The van der Waals surface area contributed by atoms with Crippen molar-refractivity contribution in [2.45, 2.75) is 31.8 Å². The first-order valence-electron chi connectivity index (χ1n) is 8.13. The molecule has 2 rings (SSSR count). The van der Waals surface area contributed by atoms with Gasteiger partial charge >= 0.3 is 12.1 Å². The molecule has 25 heavy (non-hydrogen) atoms. The maximum atomic E-state index is 12.5. The van der Waals surface area contributed by atoms with Gasteiger partial charge < -0.3 is 20.5 Å². The van der Waals surface area contributed by atoms with Crippen molar-refractivity contribution in [1.29, 1.82) is 0 Å². The Kier molecular flexibility index (Phi) is 6.56. The molecular weight excluding hydrogens is 324 g/mol. The van der Waals surface area contributed by atoms with E-state index in [9.17, 15) is 14.4 Å². The summed E-state index contributed by atoms with van der Waals surface area (Å²) in [6, 6.07) is 7.64. The Bertz CT molecular complexity index is 644. The Balaban J connectivity index is 2.24. The first-order valence-corrected chi connectivity index (χ1v) is 8.13. The molecule has 1 heterocycles. The minimum Gasteiger partial charge on any atom is -0.465 e. The molecule has 0 bridgehead atoms. The van der Waals surface area contributed by atoms with Gasteiger partial charge in [-0.15, -0.1) is 0 Å². The standard InChI is InChI=1S/C18H22N2O5/c1-12-7-5-6-10-14(20-18(23)24)16(21)19-15(11-25-17(12)22)13-8-3-2-4-9-13/h2-6,8-9,12,14-15,20H,7,10-11H2,1H3,(H,19,21)(H,23,24)/b6-5+/t12-,14-,15+/m1/s1. The lowest BCUT2D eigenvalue weighted by atomic mass is 10.0. The van der Waals surface area contributed by atoms with Crippen LogP contribution >= 0.6 is 0 Å². The predicted molar refractivity (Wildman–Crippen MR) is 90.8 cm³/mol. The van der Waals surface area contributed by atoms with Crippen molar-refractivity contribution in [3.05, 3.63) is 48.0 Å². The van der Waals surface area contributed by atoms with Gasteiger partial charge in [0.05, 0.1) is 12.0 Å². The third kappa shape index (κ3) is 5.63. The van der Waals surface area contributed by atoms with E-state index >= 15 is 0 Å². The molecule has 1 aliphatic heterocycles. The quantitative estimate of drug-likeness (QED) is 0.561. The molecule has 0 spiro atoms. The molecule has 134 valence electrons. The zero-order valence-corrected chi connectivity index (χ0v) is 14.0. The number of ether oxygens (including phenoxy) is 1. The molecule has 7 nitrogen and oxygen atoms in total. The van der Waals surface area contributed by atoms with E-state index in [2.05, 4.69) is 10.6 Å². The Morgan fingerprint density at radius 3 is 2.56 bits per heavy atom. The zero-order valence-electron chi connectivity index (χ0n) is 14.0. The van der Waals surface area contributed by atoms with Crippen molar-refractivity contribution in [2.24, 2.45) is 5.92 Å². The van der Waals surface area contributed by atoms with Crippen LogP contribution in [0.15, 0.2) is 42.5 Å². The average Bonchev–Trinajstić information content (AvgIpc) is 2.60. The summed E-state index contributed by atoms with van der Waals surface area (Å²) in [4.78, 5) is 35.5. The number of cyclic esters (lactones) is 1. The molecule has 1 aliphatic rings. The van der Waals surface area contributed by atoms with Gasteiger partial charge in [-0.1, -0.05) is 49.4 Å². The number of allylic oxidation sites excluding steroid dienone is 1. The molecule has 1 aromatic rings. The Hall–Kier alpha value is -2.83. The van der Waals surface area contributed by atoms with E-state index in [0.717, 1.165) is 5.56 Å². The largest absolute Gasteiger partial charge is 0.465 e. The maximum absolute atomic E-state index is 12.5. The van der Waals surface area contributed by atoms with Crippen LogP contribution < -0.4 is 10.6 Å². The smallest absolute Gasteiger partial charge is 0.405 e. The van der Waals surface area contributed by atoms with E-state index in [1.807, 2.05) is 30.3 Å². The fourth-order valence-corrected chi connectivity index (χ4v) is 2.50. The van der Waals surface area contributed by atoms with Gasteiger partial charge in [-0.25, -0.2) is 4.79 Å². The van der Waals surface area contributed by atoms with E-state index in [1.165, 1.54) is 0 Å². The molecule has 0 aliphatic carbocycles. The lowest BCUT2D eigenvalue weighted by Crippen LogP contribution is -2.48. The first kappa shape index (κ1) is 18.5.